The predicted molar refractivity (Wildman–Crippen MR) is 153 cm³/mol. The van der Waals surface area contributed by atoms with Gasteiger partial charge >= 0.3 is 0 Å². The summed E-state index contributed by atoms with van der Waals surface area (Å²) >= 11 is 0. The third-order valence-corrected chi connectivity index (χ3v) is 6.56. The normalized spacial score (nSPS) is 11.4. The lowest BCUT2D eigenvalue weighted by molar-refractivity contribution is 0.125. The van der Waals surface area contributed by atoms with Gasteiger partial charge in [-0.3, -0.25) is 4.18 Å². The van der Waals surface area contributed by atoms with Crippen molar-refractivity contribution in [2.24, 2.45) is 0 Å². The lowest BCUT2D eigenvalue weighted by Crippen LogP contribution is -2.03. The molecule has 1 N–H and O–H groups in total. The summed E-state index contributed by atoms with van der Waals surface area (Å²) in [4.78, 5) is 0. The summed E-state index contributed by atoms with van der Waals surface area (Å²) in [5, 5.41) is 8.61. The van der Waals surface area contributed by atoms with Crippen LogP contribution in [0.1, 0.15) is 142 Å². The standard InChI is InChI=1S/C15H32O4S.C14H30O2/c1-3-4-5-10-13-18-14-11-8-6-7-9-12-15-19-20(2,16)17;1-2-3-4-10-13-16-14-11-8-6-5-7-9-12-15/h3-15H2,1-2H3;15H,2-14H2,1H3. The van der Waals surface area contributed by atoms with E-state index in [1.807, 2.05) is 0 Å². The molecular weight excluding hydrogens is 476 g/mol. The van der Waals surface area contributed by atoms with E-state index in [0.29, 0.717) is 13.2 Å². The van der Waals surface area contributed by atoms with Gasteiger partial charge in [0, 0.05) is 33.0 Å². The molecule has 220 valence electrons. The molecular formula is C29H62O6S. The molecule has 36 heavy (non-hydrogen) atoms. The zero-order valence-corrected chi connectivity index (χ0v) is 25.1. The molecule has 0 aliphatic rings. The number of unbranched alkanes of at least 4 members (excludes halogenated alkanes) is 16. The number of hydrogen-bond donors (Lipinski definition) is 1. The number of aliphatic hydroxyl groups excluding tert-OH is 1. The van der Waals surface area contributed by atoms with Gasteiger partial charge in [0.1, 0.15) is 0 Å². The highest BCUT2D eigenvalue weighted by Gasteiger charge is 2.00. The molecule has 0 atom stereocenters. The average Bonchev–Trinajstić information content (AvgIpc) is 2.85. The molecule has 0 radical (unpaired) electrons. The lowest BCUT2D eigenvalue weighted by Gasteiger charge is -2.04. The third kappa shape index (κ3) is 40.9. The van der Waals surface area contributed by atoms with E-state index in [1.54, 1.807) is 0 Å². The number of aliphatic hydroxyl groups is 1. The van der Waals surface area contributed by atoms with Gasteiger partial charge in [0.05, 0.1) is 12.9 Å². The summed E-state index contributed by atoms with van der Waals surface area (Å²) in [5.74, 6) is 0. The lowest BCUT2D eigenvalue weighted by atomic mass is 10.1. The fourth-order valence-electron chi connectivity index (χ4n) is 3.71. The monoisotopic (exact) mass is 538 g/mol. The Morgan fingerprint density at radius 3 is 1.11 bits per heavy atom. The summed E-state index contributed by atoms with van der Waals surface area (Å²) in [5.41, 5.74) is 0. The van der Waals surface area contributed by atoms with Gasteiger partial charge in [-0.1, -0.05) is 104 Å². The molecule has 0 saturated carbocycles. The smallest absolute Gasteiger partial charge is 0.264 e. The Hall–Kier alpha value is -0.210. The van der Waals surface area contributed by atoms with E-state index in [0.717, 1.165) is 64.8 Å². The third-order valence-electron chi connectivity index (χ3n) is 5.96. The summed E-state index contributed by atoms with van der Waals surface area (Å²) in [7, 11) is -3.26. The number of rotatable bonds is 28. The van der Waals surface area contributed by atoms with Crippen LogP contribution >= 0.6 is 0 Å². The Morgan fingerprint density at radius 1 is 0.472 bits per heavy atom. The van der Waals surface area contributed by atoms with Crippen LogP contribution in [0.5, 0.6) is 0 Å². The molecule has 0 aromatic rings. The van der Waals surface area contributed by atoms with Gasteiger partial charge < -0.3 is 14.6 Å². The first-order valence-corrected chi connectivity index (χ1v) is 16.9. The van der Waals surface area contributed by atoms with Crippen molar-refractivity contribution in [3.8, 4) is 0 Å². The SMILES string of the molecule is CCCCCCOCCCCCCCCO.CCCCCCOCCCCCCCCOS(C)(=O)=O. The van der Waals surface area contributed by atoms with Gasteiger partial charge in [-0.05, 0) is 38.5 Å². The van der Waals surface area contributed by atoms with Gasteiger partial charge in [0.15, 0.2) is 0 Å². The van der Waals surface area contributed by atoms with Gasteiger partial charge in [0.25, 0.3) is 10.1 Å². The van der Waals surface area contributed by atoms with Crippen LogP contribution < -0.4 is 0 Å². The molecule has 0 amide bonds. The molecule has 0 spiro atoms. The van der Waals surface area contributed by atoms with Crippen molar-refractivity contribution in [2.75, 3.05) is 45.9 Å². The van der Waals surface area contributed by atoms with Crippen molar-refractivity contribution in [1.82, 2.24) is 0 Å². The fourth-order valence-corrected chi connectivity index (χ4v) is 4.13. The van der Waals surface area contributed by atoms with Crippen molar-refractivity contribution in [2.45, 2.75) is 142 Å². The quantitative estimate of drug-likeness (QED) is 0.0808. The van der Waals surface area contributed by atoms with E-state index in [-0.39, 0.29) is 0 Å². The Bertz CT molecular complexity index is 470. The van der Waals surface area contributed by atoms with E-state index >= 15 is 0 Å². The molecule has 0 fully saturated rings. The minimum absolute atomic E-state index is 0.319. The molecule has 0 aliphatic heterocycles. The Balaban J connectivity index is 0. The number of hydrogen-bond acceptors (Lipinski definition) is 6. The highest BCUT2D eigenvalue weighted by molar-refractivity contribution is 7.85. The zero-order valence-electron chi connectivity index (χ0n) is 24.3. The van der Waals surface area contributed by atoms with Crippen molar-refractivity contribution in [1.29, 1.82) is 0 Å². The highest BCUT2D eigenvalue weighted by Crippen LogP contribution is 2.07. The summed E-state index contributed by atoms with van der Waals surface area (Å²) < 4.78 is 37.3. The van der Waals surface area contributed by atoms with Crippen LogP contribution in [0.2, 0.25) is 0 Å². The van der Waals surface area contributed by atoms with E-state index in [4.69, 9.17) is 14.6 Å². The molecule has 6 nitrogen and oxygen atoms in total. The second kappa shape index (κ2) is 32.8. The van der Waals surface area contributed by atoms with Crippen molar-refractivity contribution < 1.29 is 27.2 Å². The Morgan fingerprint density at radius 2 is 0.778 bits per heavy atom. The van der Waals surface area contributed by atoms with Gasteiger partial charge in [-0.15, -0.1) is 0 Å². The summed E-state index contributed by atoms with van der Waals surface area (Å²) in [6.45, 7) is 8.79. The Labute approximate surface area is 225 Å². The first-order chi connectivity index (χ1) is 17.5. The highest BCUT2D eigenvalue weighted by atomic mass is 32.2. The Kier molecular flexibility index (Phi) is 34.6. The van der Waals surface area contributed by atoms with Gasteiger partial charge in [-0.25, -0.2) is 0 Å². The predicted octanol–water partition coefficient (Wildman–Crippen LogP) is 7.82. The molecule has 0 aromatic carbocycles. The van der Waals surface area contributed by atoms with E-state index in [9.17, 15) is 8.42 Å². The van der Waals surface area contributed by atoms with Crippen LogP contribution in [-0.2, 0) is 23.8 Å². The molecule has 0 unspecified atom stereocenters. The van der Waals surface area contributed by atoms with E-state index < -0.39 is 10.1 Å². The molecule has 0 bridgehead atoms. The molecule has 0 aromatic heterocycles. The second-order valence-corrected chi connectivity index (χ2v) is 11.5. The zero-order chi connectivity index (χ0) is 27.0. The summed E-state index contributed by atoms with van der Waals surface area (Å²) in [6.07, 6.45) is 25.0. The van der Waals surface area contributed by atoms with Crippen LogP contribution in [-0.4, -0.2) is 59.4 Å². The number of ether oxygens (including phenoxy) is 2. The largest absolute Gasteiger partial charge is 0.396 e. The molecule has 7 heteroatoms. The molecule has 0 heterocycles. The van der Waals surface area contributed by atoms with Crippen molar-refractivity contribution in [3.63, 3.8) is 0 Å². The minimum Gasteiger partial charge on any atom is -0.396 e. The minimum atomic E-state index is -3.26. The fraction of sp³-hybridized carbons (Fsp3) is 1.00. The van der Waals surface area contributed by atoms with Crippen LogP contribution in [0.25, 0.3) is 0 Å². The molecule has 0 aliphatic carbocycles. The van der Waals surface area contributed by atoms with E-state index in [1.165, 1.54) is 96.3 Å². The topological polar surface area (TPSA) is 82.1 Å². The second-order valence-electron chi connectivity index (χ2n) is 9.84. The summed E-state index contributed by atoms with van der Waals surface area (Å²) in [6, 6.07) is 0. The van der Waals surface area contributed by atoms with Crippen LogP contribution in [0.4, 0.5) is 0 Å². The van der Waals surface area contributed by atoms with Crippen molar-refractivity contribution >= 4 is 10.1 Å². The van der Waals surface area contributed by atoms with Crippen LogP contribution in [0, 0.1) is 0 Å². The van der Waals surface area contributed by atoms with E-state index in [2.05, 4.69) is 18.0 Å². The van der Waals surface area contributed by atoms with Crippen molar-refractivity contribution in [3.05, 3.63) is 0 Å². The molecule has 0 rings (SSSR count). The maximum absolute atomic E-state index is 10.7. The maximum Gasteiger partial charge on any atom is 0.264 e. The van der Waals surface area contributed by atoms with Gasteiger partial charge in [-0.2, -0.15) is 8.42 Å². The first-order valence-electron chi connectivity index (χ1n) is 15.1. The maximum atomic E-state index is 10.7. The van der Waals surface area contributed by atoms with Crippen LogP contribution in [0.15, 0.2) is 0 Å². The van der Waals surface area contributed by atoms with Crippen LogP contribution in [0.3, 0.4) is 0 Å². The first kappa shape index (κ1) is 37.9. The average molecular weight is 539 g/mol. The molecule has 0 saturated heterocycles. The van der Waals surface area contributed by atoms with Gasteiger partial charge in [0.2, 0.25) is 0 Å².